The first kappa shape index (κ1) is 16.7. The lowest BCUT2D eigenvalue weighted by Crippen LogP contribution is -2.38. The molecule has 6 heteroatoms. The summed E-state index contributed by atoms with van der Waals surface area (Å²) in [4.78, 5) is 7.24. The maximum absolute atomic E-state index is 9.62. The van der Waals surface area contributed by atoms with Crippen molar-refractivity contribution in [1.82, 2.24) is 19.5 Å². The van der Waals surface area contributed by atoms with E-state index in [1.165, 1.54) is 23.2 Å². The summed E-state index contributed by atoms with van der Waals surface area (Å²) in [5, 5.41) is 14.3. The summed E-state index contributed by atoms with van der Waals surface area (Å²) in [7, 11) is 1.64. The zero-order valence-electron chi connectivity index (χ0n) is 15.7. The Morgan fingerprint density at radius 3 is 2.96 bits per heavy atom. The van der Waals surface area contributed by atoms with Gasteiger partial charge in [-0.3, -0.25) is 4.90 Å². The number of aliphatic hydroxyl groups excluding tert-OH is 1. The van der Waals surface area contributed by atoms with E-state index in [0.717, 1.165) is 42.0 Å². The molecule has 0 amide bonds. The van der Waals surface area contributed by atoms with Crippen molar-refractivity contribution < 1.29 is 9.84 Å². The van der Waals surface area contributed by atoms with E-state index in [2.05, 4.69) is 33.3 Å². The van der Waals surface area contributed by atoms with Gasteiger partial charge in [0.25, 0.3) is 0 Å². The van der Waals surface area contributed by atoms with Gasteiger partial charge in [-0.2, -0.15) is 5.10 Å². The van der Waals surface area contributed by atoms with Gasteiger partial charge in [0.15, 0.2) is 5.65 Å². The summed E-state index contributed by atoms with van der Waals surface area (Å²) in [6.07, 6.45) is 5.42. The number of aliphatic hydroxyl groups is 1. The van der Waals surface area contributed by atoms with Crippen molar-refractivity contribution >= 4 is 5.65 Å². The quantitative estimate of drug-likeness (QED) is 0.771. The van der Waals surface area contributed by atoms with Crippen LogP contribution in [0.3, 0.4) is 0 Å². The molecule has 0 aliphatic carbocycles. The second-order valence-electron chi connectivity index (χ2n) is 7.64. The van der Waals surface area contributed by atoms with Gasteiger partial charge in [0, 0.05) is 48.4 Å². The van der Waals surface area contributed by atoms with Gasteiger partial charge < -0.3 is 9.84 Å². The number of fused-ring (bicyclic) bond motifs is 6. The Labute approximate surface area is 158 Å². The molecule has 3 aromatic rings. The highest BCUT2D eigenvalue weighted by Crippen LogP contribution is 2.44. The van der Waals surface area contributed by atoms with Crippen LogP contribution in [0.5, 0.6) is 5.75 Å². The number of hydrogen-bond acceptors (Lipinski definition) is 5. The molecule has 1 aromatic carbocycles. The standard InChI is InChI=1S/C21H24N4O2/c1-13-7-21-22-10-17-18-5-4-16(9-19(17)25(21)23-13)24(18)11-14-3-6-20(27-2)15(8-14)12-26/h3,6-8,10,16,18,26H,4-5,9,11-12H2,1-2H3. The SMILES string of the molecule is COc1ccc(CN2C3CCC2c2cnc4cc(C)nn4c2C3)cc1CO. The number of hydrogen-bond donors (Lipinski definition) is 1. The molecule has 5 rings (SSSR count). The lowest BCUT2D eigenvalue weighted by molar-refractivity contribution is 0.165. The van der Waals surface area contributed by atoms with Crippen molar-refractivity contribution in [2.75, 3.05) is 7.11 Å². The number of nitrogens with zero attached hydrogens (tertiary/aromatic N) is 4. The molecule has 2 unspecified atom stereocenters. The summed E-state index contributed by atoms with van der Waals surface area (Å²) < 4.78 is 7.38. The van der Waals surface area contributed by atoms with Crippen LogP contribution in [0.25, 0.3) is 5.65 Å². The van der Waals surface area contributed by atoms with Crippen LogP contribution in [0, 0.1) is 6.92 Å². The Morgan fingerprint density at radius 2 is 2.15 bits per heavy atom. The Morgan fingerprint density at radius 1 is 1.26 bits per heavy atom. The lowest BCUT2D eigenvalue weighted by Gasteiger charge is -2.36. The number of aromatic nitrogens is 3. The molecule has 2 aliphatic heterocycles. The summed E-state index contributed by atoms with van der Waals surface area (Å²) in [6.45, 7) is 2.89. The minimum absolute atomic E-state index is 0.00669. The van der Waals surface area contributed by atoms with Crippen molar-refractivity contribution in [2.45, 2.75) is 51.4 Å². The topological polar surface area (TPSA) is 62.9 Å². The molecule has 27 heavy (non-hydrogen) atoms. The zero-order chi connectivity index (χ0) is 18.5. The first-order chi connectivity index (χ1) is 13.2. The van der Waals surface area contributed by atoms with Crippen LogP contribution in [0.2, 0.25) is 0 Å². The van der Waals surface area contributed by atoms with Gasteiger partial charge in [0.2, 0.25) is 0 Å². The second-order valence-corrected chi connectivity index (χ2v) is 7.64. The summed E-state index contributed by atoms with van der Waals surface area (Å²) in [6, 6.07) is 9.08. The maximum atomic E-state index is 9.62. The maximum Gasteiger partial charge on any atom is 0.155 e. The van der Waals surface area contributed by atoms with E-state index in [0.29, 0.717) is 12.1 Å². The molecular formula is C21H24N4O2. The normalized spacial score (nSPS) is 21.6. The van der Waals surface area contributed by atoms with E-state index in [-0.39, 0.29) is 6.61 Å². The molecule has 6 nitrogen and oxygen atoms in total. The van der Waals surface area contributed by atoms with Gasteiger partial charge in [-0.05, 0) is 37.5 Å². The molecule has 2 bridgehead atoms. The van der Waals surface area contributed by atoms with Crippen molar-refractivity contribution in [3.05, 3.63) is 58.5 Å². The van der Waals surface area contributed by atoms with Gasteiger partial charge in [0.05, 0.1) is 25.1 Å². The third kappa shape index (κ3) is 2.63. The van der Waals surface area contributed by atoms with E-state index < -0.39 is 0 Å². The van der Waals surface area contributed by atoms with Crippen LogP contribution < -0.4 is 4.74 Å². The van der Waals surface area contributed by atoms with Gasteiger partial charge in [-0.25, -0.2) is 9.50 Å². The molecular weight excluding hydrogens is 340 g/mol. The molecule has 1 saturated heterocycles. The monoisotopic (exact) mass is 364 g/mol. The summed E-state index contributed by atoms with van der Waals surface area (Å²) in [5.74, 6) is 0.744. The number of benzene rings is 1. The first-order valence-electron chi connectivity index (χ1n) is 9.54. The third-order valence-electron chi connectivity index (χ3n) is 6.05. The largest absolute Gasteiger partial charge is 0.496 e. The summed E-state index contributed by atoms with van der Waals surface area (Å²) >= 11 is 0. The lowest BCUT2D eigenvalue weighted by atomic mass is 9.98. The molecule has 1 N–H and O–H groups in total. The highest BCUT2D eigenvalue weighted by molar-refractivity contribution is 5.44. The Kier molecular flexibility index (Phi) is 3.91. The van der Waals surface area contributed by atoms with Gasteiger partial charge in [0.1, 0.15) is 5.75 Å². The smallest absolute Gasteiger partial charge is 0.155 e. The van der Waals surface area contributed by atoms with Gasteiger partial charge in [-0.15, -0.1) is 0 Å². The number of aryl methyl sites for hydroxylation is 1. The fourth-order valence-corrected chi connectivity index (χ4v) is 4.81. The van der Waals surface area contributed by atoms with Crippen molar-refractivity contribution in [2.24, 2.45) is 0 Å². The van der Waals surface area contributed by atoms with E-state index in [1.807, 2.05) is 23.6 Å². The van der Waals surface area contributed by atoms with Gasteiger partial charge >= 0.3 is 0 Å². The average molecular weight is 364 g/mol. The van der Waals surface area contributed by atoms with Gasteiger partial charge in [-0.1, -0.05) is 6.07 Å². The number of methoxy groups -OCH3 is 1. The highest BCUT2D eigenvalue weighted by atomic mass is 16.5. The van der Waals surface area contributed by atoms with Crippen molar-refractivity contribution in [3.63, 3.8) is 0 Å². The Hall–Kier alpha value is -2.44. The Balaban J connectivity index is 1.49. The third-order valence-corrected chi connectivity index (χ3v) is 6.05. The molecule has 140 valence electrons. The van der Waals surface area contributed by atoms with Crippen LogP contribution in [0.15, 0.2) is 30.5 Å². The molecule has 4 heterocycles. The predicted octanol–water partition coefficient (Wildman–Crippen LogP) is 2.80. The van der Waals surface area contributed by atoms with Crippen LogP contribution in [0.1, 0.15) is 47.0 Å². The molecule has 0 spiro atoms. The second kappa shape index (κ2) is 6.32. The highest BCUT2D eigenvalue weighted by Gasteiger charge is 2.41. The Bertz CT molecular complexity index is 1010. The van der Waals surface area contributed by atoms with Crippen LogP contribution >= 0.6 is 0 Å². The average Bonchev–Trinajstić information content (AvgIpc) is 3.19. The number of ether oxygens (including phenoxy) is 1. The number of rotatable bonds is 4. The first-order valence-corrected chi connectivity index (χ1v) is 9.54. The molecule has 0 saturated carbocycles. The van der Waals surface area contributed by atoms with E-state index >= 15 is 0 Å². The minimum Gasteiger partial charge on any atom is -0.496 e. The van der Waals surface area contributed by atoms with E-state index in [1.54, 1.807) is 7.11 Å². The van der Waals surface area contributed by atoms with E-state index in [4.69, 9.17) is 4.74 Å². The summed E-state index contributed by atoms with van der Waals surface area (Å²) in [5.41, 5.74) is 6.65. The van der Waals surface area contributed by atoms with Crippen molar-refractivity contribution in [1.29, 1.82) is 0 Å². The molecule has 2 aromatic heterocycles. The zero-order valence-corrected chi connectivity index (χ0v) is 15.7. The molecule has 2 atom stereocenters. The molecule has 2 aliphatic rings. The van der Waals surface area contributed by atoms with E-state index in [9.17, 15) is 5.11 Å². The fraction of sp³-hybridized carbons (Fsp3) is 0.429. The van der Waals surface area contributed by atoms with Crippen LogP contribution in [-0.4, -0.2) is 37.8 Å². The van der Waals surface area contributed by atoms with Crippen LogP contribution in [0.4, 0.5) is 0 Å². The molecule has 0 radical (unpaired) electrons. The van der Waals surface area contributed by atoms with Crippen molar-refractivity contribution in [3.8, 4) is 5.75 Å². The minimum atomic E-state index is -0.00669. The fourth-order valence-electron chi connectivity index (χ4n) is 4.81. The van der Waals surface area contributed by atoms with Crippen LogP contribution in [-0.2, 0) is 19.6 Å². The predicted molar refractivity (Wildman–Crippen MR) is 102 cm³/mol. The molecule has 1 fully saturated rings.